The number of benzene rings is 2. The molecule has 0 aliphatic carbocycles. The molecule has 1 amide bonds. The van der Waals surface area contributed by atoms with E-state index < -0.39 is 16.6 Å². The minimum Gasteiger partial charge on any atom is -0.495 e. The standard InChI is InChI=1S/C18H20F2N2O5S/c1-12(23)22-16-8-7-15(11-17(16)26-2)28(24,25)21-10-9-13-3-5-14(6-4-13)27-18(19)20/h3-8,11,18,21H,9-10H2,1-2H3,(H,22,23). The number of rotatable bonds is 9. The zero-order chi connectivity index (χ0) is 20.7. The van der Waals surface area contributed by atoms with Crippen LogP contribution in [0.5, 0.6) is 11.5 Å². The van der Waals surface area contributed by atoms with Crippen molar-refractivity contribution in [2.75, 3.05) is 19.0 Å². The summed E-state index contributed by atoms with van der Waals surface area (Å²) in [5.41, 5.74) is 1.11. The van der Waals surface area contributed by atoms with Gasteiger partial charge >= 0.3 is 6.61 Å². The zero-order valence-corrected chi connectivity index (χ0v) is 16.1. The molecular weight excluding hydrogens is 394 g/mol. The van der Waals surface area contributed by atoms with Gasteiger partial charge in [0.2, 0.25) is 15.9 Å². The Kier molecular flexibility index (Phi) is 7.30. The van der Waals surface area contributed by atoms with E-state index in [1.807, 2.05) is 0 Å². The Balaban J connectivity index is 2.00. The molecule has 0 aliphatic heterocycles. The predicted octanol–water partition coefficient (Wildman–Crippen LogP) is 2.78. The fourth-order valence-electron chi connectivity index (χ4n) is 2.38. The molecule has 0 atom stereocenters. The summed E-state index contributed by atoms with van der Waals surface area (Å²) in [6.07, 6.45) is 0.356. The zero-order valence-electron chi connectivity index (χ0n) is 15.2. The molecule has 0 fully saturated rings. The van der Waals surface area contributed by atoms with Crippen molar-refractivity contribution < 1.29 is 31.5 Å². The highest BCUT2D eigenvalue weighted by Gasteiger charge is 2.16. The summed E-state index contributed by atoms with van der Waals surface area (Å²) < 4.78 is 61.0. The highest BCUT2D eigenvalue weighted by atomic mass is 32.2. The van der Waals surface area contributed by atoms with Gasteiger partial charge in [-0.3, -0.25) is 4.79 Å². The van der Waals surface area contributed by atoms with Crippen LogP contribution < -0.4 is 19.5 Å². The van der Waals surface area contributed by atoms with Crippen LogP contribution in [0, 0.1) is 0 Å². The first-order chi connectivity index (χ1) is 13.2. The summed E-state index contributed by atoms with van der Waals surface area (Å²) in [6, 6.07) is 10.0. The Morgan fingerprint density at radius 3 is 2.39 bits per heavy atom. The van der Waals surface area contributed by atoms with Crippen molar-refractivity contribution in [2.45, 2.75) is 24.9 Å². The third-order valence-electron chi connectivity index (χ3n) is 3.65. The summed E-state index contributed by atoms with van der Waals surface area (Å²) in [5, 5.41) is 2.55. The lowest BCUT2D eigenvalue weighted by molar-refractivity contribution is -0.114. The van der Waals surface area contributed by atoms with E-state index in [4.69, 9.17) is 4.74 Å². The van der Waals surface area contributed by atoms with Gasteiger partial charge in [0, 0.05) is 19.5 Å². The highest BCUT2D eigenvalue weighted by Crippen LogP contribution is 2.27. The van der Waals surface area contributed by atoms with Crippen molar-refractivity contribution in [2.24, 2.45) is 0 Å². The fraction of sp³-hybridized carbons (Fsp3) is 0.278. The van der Waals surface area contributed by atoms with Crippen molar-refractivity contribution in [3.05, 3.63) is 48.0 Å². The molecule has 0 aliphatic rings. The van der Waals surface area contributed by atoms with Gasteiger partial charge in [0.15, 0.2) is 0 Å². The van der Waals surface area contributed by atoms with Crippen molar-refractivity contribution >= 4 is 21.6 Å². The van der Waals surface area contributed by atoms with Crippen LogP contribution in [-0.4, -0.2) is 34.6 Å². The minimum absolute atomic E-state index is 0.0147. The highest BCUT2D eigenvalue weighted by molar-refractivity contribution is 7.89. The van der Waals surface area contributed by atoms with E-state index in [9.17, 15) is 22.0 Å². The van der Waals surface area contributed by atoms with Crippen LogP contribution in [0.15, 0.2) is 47.4 Å². The van der Waals surface area contributed by atoms with E-state index in [1.54, 1.807) is 12.1 Å². The normalized spacial score (nSPS) is 11.3. The molecule has 0 aromatic heterocycles. The number of hydrogen-bond donors (Lipinski definition) is 2. The maximum Gasteiger partial charge on any atom is 0.387 e. The van der Waals surface area contributed by atoms with Gasteiger partial charge in [0.05, 0.1) is 17.7 Å². The molecule has 0 bridgehead atoms. The van der Waals surface area contributed by atoms with E-state index in [2.05, 4.69) is 14.8 Å². The Hall–Kier alpha value is -2.72. The molecule has 0 spiro atoms. The summed E-state index contributed by atoms with van der Waals surface area (Å²) in [7, 11) is -2.43. The molecule has 7 nitrogen and oxygen atoms in total. The van der Waals surface area contributed by atoms with Gasteiger partial charge in [-0.1, -0.05) is 12.1 Å². The van der Waals surface area contributed by atoms with Crippen LogP contribution in [-0.2, 0) is 21.2 Å². The predicted molar refractivity (Wildman–Crippen MR) is 99.3 cm³/mol. The Labute approximate surface area is 161 Å². The third kappa shape index (κ3) is 6.17. The molecule has 0 radical (unpaired) electrons. The molecule has 0 saturated carbocycles. The van der Waals surface area contributed by atoms with Gasteiger partial charge in [-0.2, -0.15) is 8.78 Å². The monoisotopic (exact) mass is 414 g/mol. The Morgan fingerprint density at radius 1 is 1.14 bits per heavy atom. The first-order valence-corrected chi connectivity index (χ1v) is 9.68. The number of carbonyl (C=O) groups is 1. The Morgan fingerprint density at radius 2 is 1.82 bits per heavy atom. The van der Waals surface area contributed by atoms with Crippen molar-refractivity contribution in [1.29, 1.82) is 0 Å². The van der Waals surface area contributed by atoms with Gasteiger partial charge in [0.1, 0.15) is 11.5 Å². The van der Waals surface area contributed by atoms with Crippen LogP contribution in [0.2, 0.25) is 0 Å². The maximum atomic E-state index is 12.4. The smallest absolute Gasteiger partial charge is 0.387 e. The topological polar surface area (TPSA) is 93.7 Å². The number of halogens is 2. The van der Waals surface area contributed by atoms with Gasteiger partial charge in [-0.15, -0.1) is 0 Å². The lowest BCUT2D eigenvalue weighted by Gasteiger charge is -2.12. The van der Waals surface area contributed by atoms with Gasteiger partial charge in [-0.05, 0) is 36.2 Å². The molecule has 2 aromatic carbocycles. The second-order valence-corrected chi connectivity index (χ2v) is 7.48. The van der Waals surface area contributed by atoms with Crippen LogP contribution in [0.1, 0.15) is 12.5 Å². The number of alkyl halides is 2. The first-order valence-electron chi connectivity index (χ1n) is 8.20. The van der Waals surface area contributed by atoms with E-state index in [1.165, 1.54) is 44.4 Å². The molecule has 0 heterocycles. The number of carbonyl (C=O) groups excluding carboxylic acids is 1. The van der Waals surface area contributed by atoms with E-state index >= 15 is 0 Å². The maximum absolute atomic E-state index is 12.4. The van der Waals surface area contributed by atoms with Gasteiger partial charge in [0.25, 0.3) is 0 Å². The summed E-state index contributed by atoms with van der Waals surface area (Å²) in [4.78, 5) is 11.2. The molecule has 0 saturated heterocycles. The van der Waals surface area contributed by atoms with E-state index in [-0.39, 0.29) is 28.8 Å². The minimum atomic E-state index is -3.80. The number of sulfonamides is 1. The molecule has 0 unspecified atom stereocenters. The number of ether oxygens (including phenoxy) is 2. The fourth-order valence-corrected chi connectivity index (χ4v) is 3.43. The van der Waals surface area contributed by atoms with Gasteiger partial charge < -0.3 is 14.8 Å². The van der Waals surface area contributed by atoms with Crippen LogP contribution >= 0.6 is 0 Å². The van der Waals surface area contributed by atoms with Crippen molar-refractivity contribution in [3.8, 4) is 11.5 Å². The van der Waals surface area contributed by atoms with Crippen LogP contribution in [0.3, 0.4) is 0 Å². The van der Waals surface area contributed by atoms with E-state index in [0.29, 0.717) is 12.1 Å². The molecule has 2 aromatic rings. The van der Waals surface area contributed by atoms with Crippen molar-refractivity contribution in [1.82, 2.24) is 4.72 Å². The van der Waals surface area contributed by atoms with Crippen LogP contribution in [0.4, 0.5) is 14.5 Å². The lowest BCUT2D eigenvalue weighted by Crippen LogP contribution is -2.26. The second kappa shape index (κ2) is 9.47. The molecule has 2 N–H and O–H groups in total. The Bertz CT molecular complexity index is 918. The van der Waals surface area contributed by atoms with E-state index in [0.717, 1.165) is 5.56 Å². The van der Waals surface area contributed by atoms with Crippen molar-refractivity contribution in [3.63, 3.8) is 0 Å². The second-order valence-electron chi connectivity index (χ2n) is 5.71. The molecule has 152 valence electrons. The third-order valence-corrected chi connectivity index (χ3v) is 5.11. The summed E-state index contributed by atoms with van der Waals surface area (Å²) >= 11 is 0. The number of methoxy groups -OCH3 is 1. The largest absolute Gasteiger partial charge is 0.495 e. The number of hydrogen-bond acceptors (Lipinski definition) is 5. The SMILES string of the molecule is COc1cc(S(=O)(=O)NCCc2ccc(OC(F)F)cc2)ccc1NC(C)=O. The number of anilines is 1. The first kappa shape index (κ1) is 21.6. The van der Waals surface area contributed by atoms with Gasteiger partial charge in [-0.25, -0.2) is 13.1 Å². The molecule has 10 heteroatoms. The molecule has 28 heavy (non-hydrogen) atoms. The summed E-state index contributed by atoms with van der Waals surface area (Å²) in [5.74, 6) is -0.0598. The average Bonchev–Trinajstić information content (AvgIpc) is 2.62. The summed E-state index contributed by atoms with van der Waals surface area (Å²) in [6.45, 7) is -1.46. The quantitative estimate of drug-likeness (QED) is 0.658. The molecule has 2 rings (SSSR count). The number of nitrogens with one attached hydrogen (secondary N) is 2. The lowest BCUT2D eigenvalue weighted by atomic mass is 10.1. The average molecular weight is 414 g/mol. The molecular formula is C18H20F2N2O5S. The number of amides is 1. The van der Waals surface area contributed by atoms with Crippen LogP contribution in [0.25, 0.3) is 0 Å².